The van der Waals surface area contributed by atoms with Gasteiger partial charge in [0.25, 0.3) is 0 Å². The molecule has 0 unspecified atom stereocenters. The molecule has 0 amide bonds. The maximum atomic E-state index is 5.40. The van der Waals surface area contributed by atoms with E-state index in [9.17, 15) is 0 Å². The molecule has 0 aliphatic heterocycles. The van der Waals surface area contributed by atoms with Crippen molar-refractivity contribution in [1.82, 2.24) is 15.3 Å². The first-order valence-electron chi connectivity index (χ1n) is 6.86. The quantitative estimate of drug-likeness (QED) is 0.766. The lowest BCUT2D eigenvalue weighted by Crippen LogP contribution is -2.16. The predicted octanol–water partition coefficient (Wildman–Crippen LogP) is 1.90. The molecule has 0 saturated carbocycles. The van der Waals surface area contributed by atoms with E-state index in [-0.39, 0.29) is 0 Å². The third kappa shape index (κ3) is 4.03. The summed E-state index contributed by atoms with van der Waals surface area (Å²) in [6.45, 7) is 8.47. The number of hydrogen-bond acceptors (Lipinski definition) is 4. The Labute approximate surface area is 110 Å². The molecule has 0 saturated heterocycles. The van der Waals surface area contributed by atoms with Gasteiger partial charge in [-0.05, 0) is 45.3 Å². The third-order valence-corrected chi connectivity index (χ3v) is 2.95. The van der Waals surface area contributed by atoms with Gasteiger partial charge in [0, 0.05) is 18.0 Å². The molecule has 0 atom stereocenters. The maximum Gasteiger partial charge on any atom is 0.154 e. The first-order chi connectivity index (χ1) is 8.76. The number of rotatable bonds is 8. The molecular formula is C14H25N3O. The number of aromatic nitrogens is 2. The van der Waals surface area contributed by atoms with Gasteiger partial charge in [-0.2, -0.15) is 0 Å². The van der Waals surface area contributed by atoms with E-state index in [1.807, 2.05) is 14.0 Å². The van der Waals surface area contributed by atoms with E-state index in [0.29, 0.717) is 13.2 Å². The van der Waals surface area contributed by atoms with Crippen LogP contribution in [0.3, 0.4) is 0 Å². The fraction of sp³-hybridized carbons (Fsp3) is 0.714. The Bertz CT molecular complexity index is 341. The first kappa shape index (κ1) is 15.1. The highest BCUT2D eigenvalue weighted by Crippen LogP contribution is 2.14. The molecule has 4 heteroatoms. The highest BCUT2D eigenvalue weighted by molar-refractivity contribution is 5.27. The molecule has 4 nitrogen and oxygen atoms in total. The van der Waals surface area contributed by atoms with Gasteiger partial charge in [0.05, 0.1) is 0 Å². The Balaban J connectivity index is 3.00. The Morgan fingerprint density at radius 1 is 1.06 bits per heavy atom. The van der Waals surface area contributed by atoms with Crippen LogP contribution in [0.2, 0.25) is 0 Å². The zero-order valence-electron chi connectivity index (χ0n) is 12.0. The predicted molar refractivity (Wildman–Crippen MR) is 73.7 cm³/mol. The fourth-order valence-electron chi connectivity index (χ4n) is 2.02. The number of ether oxygens (including phenoxy) is 1. The molecule has 1 N–H and O–H groups in total. The summed E-state index contributed by atoms with van der Waals surface area (Å²) in [5, 5.41) is 3.19. The van der Waals surface area contributed by atoms with Gasteiger partial charge in [-0.15, -0.1) is 0 Å². The minimum absolute atomic E-state index is 0.517. The Morgan fingerprint density at radius 3 is 2.11 bits per heavy atom. The lowest BCUT2D eigenvalue weighted by atomic mass is 10.0. The molecule has 0 spiro atoms. The minimum atomic E-state index is 0.517. The van der Waals surface area contributed by atoms with Gasteiger partial charge < -0.3 is 10.1 Å². The molecule has 102 valence electrons. The summed E-state index contributed by atoms with van der Waals surface area (Å²) >= 11 is 0. The van der Waals surface area contributed by atoms with Crippen molar-refractivity contribution >= 4 is 0 Å². The van der Waals surface area contributed by atoms with E-state index in [1.54, 1.807) is 0 Å². The van der Waals surface area contributed by atoms with Crippen molar-refractivity contribution in [1.29, 1.82) is 0 Å². The monoisotopic (exact) mass is 251 g/mol. The summed E-state index contributed by atoms with van der Waals surface area (Å²) < 4.78 is 5.40. The zero-order valence-corrected chi connectivity index (χ0v) is 12.0. The van der Waals surface area contributed by atoms with Crippen molar-refractivity contribution < 1.29 is 4.74 Å². The molecule has 0 aliphatic carbocycles. The molecule has 1 aromatic heterocycles. The van der Waals surface area contributed by atoms with Crippen molar-refractivity contribution in [3.05, 3.63) is 22.8 Å². The molecule has 1 aromatic rings. The highest BCUT2D eigenvalue weighted by Gasteiger charge is 2.11. The standard InChI is InChI=1S/C14H25N3O/c1-5-12-11(8-9-15-4)13(6-2)17-14(16-12)10-18-7-3/h15H,5-10H2,1-4H3. The molecule has 1 rings (SSSR count). The normalized spacial score (nSPS) is 10.9. The van der Waals surface area contributed by atoms with Crippen LogP contribution in [0.25, 0.3) is 0 Å². The Morgan fingerprint density at radius 2 is 1.67 bits per heavy atom. The molecular weight excluding hydrogens is 226 g/mol. The van der Waals surface area contributed by atoms with Gasteiger partial charge in [-0.1, -0.05) is 13.8 Å². The second kappa shape index (κ2) is 8.16. The average Bonchev–Trinajstić information content (AvgIpc) is 2.42. The lowest BCUT2D eigenvalue weighted by Gasteiger charge is -2.13. The van der Waals surface area contributed by atoms with Crippen LogP contribution >= 0.6 is 0 Å². The summed E-state index contributed by atoms with van der Waals surface area (Å²) in [7, 11) is 1.97. The first-order valence-corrected chi connectivity index (χ1v) is 6.86. The van der Waals surface area contributed by atoms with Crippen molar-refractivity contribution in [2.75, 3.05) is 20.2 Å². The molecule has 0 aliphatic rings. The van der Waals surface area contributed by atoms with Crippen molar-refractivity contribution in [2.24, 2.45) is 0 Å². The number of hydrogen-bond donors (Lipinski definition) is 1. The van der Waals surface area contributed by atoms with Gasteiger partial charge >= 0.3 is 0 Å². The van der Waals surface area contributed by atoms with E-state index in [4.69, 9.17) is 4.74 Å². The van der Waals surface area contributed by atoms with Crippen LogP contribution in [0.4, 0.5) is 0 Å². The van der Waals surface area contributed by atoms with Crippen LogP contribution in [0.15, 0.2) is 0 Å². The SMILES string of the molecule is CCOCc1nc(CC)c(CCNC)c(CC)n1. The Hall–Kier alpha value is -1.00. The third-order valence-electron chi connectivity index (χ3n) is 2.95. The molecule has 0 radical (unpaired) electrons. The van der Waals surface area contributed by atoms with E-state index in [0.717, 1.165) is 31.6 Å². The van der Waals surface area contributed by atoms with Gasteiger partial charge in [-0.25, -0.2) is 9.97 Å². The number of likely N-dealkylation sites (N-methyl/N-ethyl adjacent to an activating group) is 1. The van der Waals surface area contributed by atoms with E-state index in [1.165, 1.54) is 17.0 Å². The highest BCUT2D eigenvalue weighted by atomic mass is 16.5. The molecule has 0 fully saturated rings. The summed E-state index contributed by atoms with van der Waals surface area (Å²) in [6, 6.07) is 0. The molecule has 0 aromatic carbocycles. The van der Waals surface area contributed by atoms with Crippen LogP contribution < -0.4 is 5.32 Å². The van der Waals surface area contributed by atoms with Gasteiger partial charge in [0.2, 0.25) is 0 Å². The largest absolute Gasteiger partial charge is 0.374 e. The van der Waals surface area contributed by atoms with E-state index >= 15 is 0 Å². The number of nitrogens with one attached hydrogen (secondary N) is 1. The number of aryl methyl sites for hydroxylation is 2. The second-order valence-corrected chi connectivity index (χ2v) is 4.21. The van der Waals surface area contributed by atoms with Crippen LogP contribution in [0.5, 0.6) is 0 Å². The lowest BCUT2D eigenvalue weighted by molar-refractivity contribution is 0.128. The van der Waals surface area contributed by atoms with Crippen LogP contribution in [-0.2, 0) is 30.6 Å². The summed E-state index contributed by atoms with van der Waals surface area (Å²) in [5.41, 5.74) is 3.66. The molecule has 0 bridgehead atoms. The van der Waals surface area contributed by atoms with Gasteiger partial charge in [0.15, 0.2) is 5.82 Å². The van der Waals surface area contributed by atoms with E-state index < -0.39 is 0 Å². The van der Waals surface area contributed by atoms with Crippen LogP contribution in [0, 0.1) is 0 Å². The molecule has 18 heavy (non-hydrogen) atoms. The molecule has 1 heterocycles. The number of nitrogens with zero attached hydrogens (tertiary/aromatic N) is 2. The van der Waals surface area contributed by atoms with Crippen molar-refractivity contribution in [3.8, 4) is 0 Å². The van der Waals surface area contributed by atoms with Gasteiger partial charge in [0.1, 0.15) is 6.61 Å². The average molecular weight is 251 g/mol. The van der Waals surface area contributed by atoms with Crippen LogP contribution in [-0.4, -0.2) is 30.2 Å². The minimum Gasteiger partial charge on any atom is -0.374 e. The zero-order chi connectivity index (χ0) is 13.4. The summed E-state index contributed by atoms with van der Waals surface area (Å²) in [6.07, 6.45) is 2.90. The van der Waals surface area contributed by atoms with Gasteiger partial charge in [-0.3, -0.25) is 0 Å². The maximum absolute atomic E-state index is 5.40. The van der Waals surface area contributed by atoms with Crippen LogP contribution in [0.1, 0.15) is 43.5 Å². The smallest absolute Gasteiger partial charge is 0.154 e. The van der Waals surface area contributed by atoms with Crippen molar-refractivity contribution in [2.45, 2.75) is 46.6 Å². The summed E-state index contributed by atoms with van der Waals surface area (Å²) in [5.74, 6) is 0.818. The Kier molecular flexibility index (Phi) is 6.83. The van der Waals surface area contributed by atoms with E-state index in [2.05, 4.69) is 29.1 Å². The fourth-order valence-corrected chi connectivity index (χ4v) is 2.02. The summed E-state index contributed by atoms with van der Waals surface area (Å²) in [4.78, 5) is 9.25. The second-order valence-electron chi connectivity index (χ2n) is 4.21. The van der Waals surface area contributed by atoms with Crippen molar-refractivity contribution in [3.63, 3.8) is 0 Å². The topological polar surface area (TPSA) is 47.0 Å².